The van der Waals surface area contributed by atoms with Crippen LogP contribution in [0.25, 0.3) is 0 Å². The highest BCUT2D eigenvalue weighted by Gasteiger charge is 2.26. The van der Waals surface area contributed by atoms with Gasteiger partial charge in [0.05, 0.1) is 0 Å². The third-order valence-corrected chi connectivity index (χ3v) is 6.97. The van der Waals surface area contributed by atoms with Crippen molar-refractivity contribution in [3.63, 3.8) is 0 Å². The van der Waals surface area contributed by atoms with Crippen molar-refractivity contribution in [2.24, 2.45) is 0 Å². The van der Waals surface area contributed by atoms with Gasteiger partial charge in [0.25, 0.3) is 0 Å². The van der Waals surface area contributed by atoms with Crippen LogP contribution in [0.5, 0.6) is 0 Å². The average Bonchev–Trinajstić information content (AvgIpc) is 3.23. The first-order valence-electron chi connectivity index (χ1n) is 14.1. The van der Waals surface area contributed by atoms with E-state index in [4.69, 9.17) is 0 Å². The van der Waals surface area contributed by atoms with E-state index in [0.29, 0.717) is 6.17 Å². The summed E-state index contributed by atoms with van der Waals surface area (Å²) in [4.78, 5) is 5.09. The van der Waals surface area contributed by atoms with Gasteiger partial charge >= 0.3 is 0 Å². The zero-order valence-electron chi connectivity index (χ0n) is 21.4. The predicted molar refractivity (Wildman–Crippen MR) is 142 cm³/mol. The van der Waals surface area contributed by atoms with Crippen LogP contribution in [0, 0.1) is 0 Å². The van der Waals surface area contributed by atoms with Gasteiger partial charge in [-0.1, -0.05) is 140 Å². The molecule has 0 aliphatic carbocycles. The molecule has 1 aliphatic rings. The van der Waals surface area contributed by atoms with E-state index in [1.807, 2.05) is 0 Å². The second-order valence-electron chi connectivity index (χ2n) is 9.86. The smallest absolute Gasteiger partial charge is 0.127 e. The maximum atomic E-state index is 2.56. The van der Waals surface area contributed by atoms with Gasteiger partial charge in [-0.25, -0.2) is 0 Å². The summed E-state index contributed by atoms with van der Waals surface area (Å²) in [5, 5.41) is 0. The molecule has 0 bridgehead atoms. The van der Waals surface area contributed by atoms with Crippen LogP contribution >= 0.6 is 0 Å². The Kier molecular flexibility index (Phi) is 15.1. The second kappa shape index (κ2) is 18.0. The van der Waals surface area contributed by atoms with Crippen LogP contribution in [0.1, 0.15) is 135 Å². The molecule has 0 spiro atoms. The minimum Gasteiger partial charge on any atom is -0.352 e. The molecule has 32 heavy (non-hydrogen) atoms. The van der Waals surface area contributed by atoms with Gasteiger partial charge in [-0.2, -0.15) is 0 Å². The molecule has 2 rings (SSSR count). The van der Waals surface area contributed by atoms with Gasteiger partial charge in [0.1, 0.15) is 6.17 Å². The summed E-state index contributed by atoms with van der Waals surface area (Å²) in [6.45, 7) is 6.91. The highest BCUT2D eigenvalue weighted by molar-refractivity contribution is 5.21. The molecule has 2 nitrogen and oxygen atoms in total. The van der Waals surface area contributed by atoms with Crippen molar-refractivity contribution in [2.45, 2.75) is 129 Å². The number of hydrogen-bond donors (Lipinski definition) is 0. The summed E-state index contributed by atoms with van der Waals surface area (Å²) in [7, 11) is 0. The topological polar surface area (TPSA) is 6.48 Å². The fourth-order valence-corrected chi connectivity index (χ4v) is 4.93. The van der Waals surface area contributed by atoms with Gasteiger partial charge in [-0.05, 0) is 18.4 Å². The first-order chi connectivity index (χ1) is 15.9. The Morgan fingerprint density at radius 1 is 0.500 bits per heavy atom. The first kappa shape index (κ1) is 26.8. The fraction of sp³-hybridized carbons (Fsp3) is 0.733. The monoisotopic (exact) mass is 440 g/mol. The maximum Gasteiger partial charge on any atom is 0.127 e. The van der Waals surface area contributed by atoms with Crippen LogP contribution in [0.4, 0.5) is 0 Å². The lowest BCUT2D eigenvalue weighted by Gasteiger charge is -2.33. The molecule has 0 saturated heterocycles. The summed E-state index contributed by atoms with van der Waals surface area (Å²) >= 11 is 0. The molecule has 1 atom stereocenters. The SMILES string of the molecule is CCCCCCCCCCCCCCCCCN1C=CN(CCCC)C1c1ccccc1. The maximum absolute atomic E-state index is 2.56. The van der Waals surface area contributed by atoms with Gasteiger partial charge < -0.3 is 9.80 Å². The van der Waals surface area contributed by atoms with Crippen LogP contribution in [0.2, 0.25) is 0 Å². The van der Waals surface area contributed by atoms with Crippen molar-refractivity contribution in [2.75, 3.05) is 13.1 Å². The predicted octanol–water partition coefficient (Wildman–Crippen LogP) is 9.45. The molecule has 0 aromatic heterocycles. The fourth-order valence-electron chi connectivity index (χ4n) is 4.93. The standard InChI is InChI=1S/C30H52N2/c1-3-5-7-8-9-10-11-12-13-14-15-16-17-18-22-26-32-28-27-31(25-6-4-2)30(32)29-23-20-19-21-24-29/h19-21,23-24,27-28,30H,3-18,22,25-26H2,1-2H3. The molecule has 0 N–H and O–H groups in total. The molecule has 1 aromatic rings. The van der Waals surface area contributed by atoms with Crippen LogP contribution in [-0.2, 0) is 0 Å². The summed E-state index contributed by atoms with van der Waals surface area (Å²) < 4.78 is 0. The van der Waals surface area contributed by atoms with Crippen molar-refractivity contribution in [3.8, 4) is 0 Å². The highest BCUT2D eigenvalue weighted by atomic mass is 15.4. The largest absolute Gasteiger partial charge is 0.352 e. The quantitative estimate of drug-likeness (QED) is 0.186. The number of rotatable bonds is 20. The molecule has 182 valence electrons. The molecule has 1 aliphatic heterocycles. The average molecular weight is 441 g/mol. The Balaban J connectivity index is 1.50. The van der Waals surface area contributed by atoms with Crippen LogP contribution in [0.3, 0.4) is 0 Å². The van der Waals surface area contributed by atoms with Crippen molar-refractivity contribution >= 4 is 0 Å². The van der Waals surface area contributed by atoms with E-state index in [1.54, 1.807) is 0 Å². The zero-order valence-corrected chi connectivity index (χ0v) is 21.4. The van der Waals surface area contributed by atoms with E-state index in [0.717, 1.165) is 6.54 Å². The molecule has 0 amide bonds. The van der Waals surface area contributed by atoms with Crippen LogP contribution < -0.4 is 0 Å². The zero-order chi connectivity index (χ0) is 22.7. The minimum absolute atomic E-state index is 0.398. The lowest BCUT2D eigenvalue weighted by molar-refractivity contribution is 0.150. The van der Waals surface area contributed by atoms with Gasteiger partial charge in [0.2, 0.25) is 0 Å². The first-order valence-corrected chi connectivity index (χ1v) is 14.1. The van der Waals surface area contributed by atoms with Crippen molar-refractivity contribution in [1.82, 2.24) is 9.80 Å². The molecule has 0 saturated carbocycles. The molecule has 1 heterocycles. The Bertz CT molecular complexity index is 567. The second-order valence-corrected chi connectivity index (χ2v) is 9.86. The van der Waals surface area contributed by atoms with Gasteiger partial charge in [-0.15, -0.1) is 0 Å². The summed E-state index contributed by atoms with van der Waals surface area (Å²) in [5.74, 6) is 0. The van der Waals surface area contributed by atoms with Crippen molar-refractivity contribution < 1.29 is 0 Å². The Morgan fingerprint density at radius 3 is 1.38 bits per heavy atom. The minimum atomic E-state index is 0.398. The number of nitrogens with zero attached hydrogens (tertiary/aromatic N) is 2. The molecular weight excluding hydrogens is 388 g/mol. The van der Waals surface area contributed by atoms with E-state index < -0.39 is 0 Å². The van der Waals surface area contributed by atoms with Crippen LogP contribution in [-0.4, -0.2) is 22.9 Å². The van der Waals surface area contributed by atoms with Crippen LogP contribution in [0.15, 0.2) is 42.7 Å². The van der Waals surface area contributed by atoms with E-state index in [-0.39, 0.29) is 0 Å². The lowest BCUT2D eigenvalue weighted by atomic mass is 10.0. The molecule has 0 radical (unpaired) electrons. The molecule has 1 aromatic carbocycles. The molecular formula is C30H52N2. The van der Waals surface area contributed by atoms with Gasteiger partial charge in [0.15, 0.2) is 0 Å². The Labute approximate surface area is 200 Å². The molecule has 0 fully saturated rings. The Morgan fingerprint density at radius 2 is 0.906 bits per heavy atom. The van der Waals surface area contributed by atoms with E-state index in [1.165, 1.54) is 121 Å². The third-order valence-electron chi connectivity index (χ3n) is 6.97. The summed E-state index contributed by atoms with van der Waals surface area (Å²) in [6.07, 6.45) is 29.0. The lowest BCUT2D eigenvalue weighted by Crippen LogP contribution is -2.32. The number of hydrogen-bond acceptors (Lipinski definition) is 2. The normalized spacial score (nSPS) is 15.8. The highest BCUT2D eigenvalue weighted by Crippen LogP contribution is 2.31. The van der Waals surface area contributed by atoms with Crippen molar-refractivity contribution in [1.29, 1.82) is 0 Å². The van der Waals surface area contributed by atoms with Gasteiger partial charge in [-0.3, -0.25) is 0 Å². The third kappa shape index (κ3) is 10.9. The van der Waals surface area contributed by atoms with Crippen molar-refractivity contribution in [3.05, 3.63) is 48.3 Å². The summed E-state index contributed by atoms with van der Waals surface area (Å²) in [5.41, 5.74) is 1.43. The Hall–Kier alpha value is -1.44. The molecule has 1 unspecified atom stereocenters. The summed E-state index contributed by atoms with van der Waals surface area (Å²) in [6, 6.07) is 11.1. The number of unbranched alkanes of at least 4 members (excludes halogenated alkanes) is 15. The van der Waals surface area contributed by atoms with E-state index in [9.17, 15) is 0 Å². The van der Waals surface area contributed by atoms with Gasteiger partial charge in [0, 0.05) is 25.5 Å². The van der Waals surface area contributed by atoms with E-state index in [2.05, 4.69) is 66.4 Å². The molecule has 2 heteroatoms. The van der Waals surface area contributed by atoms with E-state index >= 15 is 0 Å². The number of benzene rings is 1.